The molecule has 112 valence electrons. The monoisotopic (exact) mass is 285 g/mol. The van der Waals surface area contributed by atoms with E-state index in [0.29, 0.717) is 17.9 Å². The number of benzene rings is 1. The van der Waals surface area contributed by atoms with Gasteiger partial charge in [-0.3, -0.25) is 0 Å². The third-order valence-corrected chi connectivity index (χ3v) is 4.04. The summed E-state index contributed by atoms with van der Waals surface area (Å²) in [5, 5.41) is 15.8. The molecule has 1 aliphatic carbocycles. The number of aromatic nitrogens is 4. The lowest BCUT2D eigenvalue weighted by Crippen LogP contribution is -2.26. The van der Waals surface area contributed by atoms with Gasteiger partial charge in [-0.15, -0.1) is 5.10 Å². The predicted octanol–water partition coefficient (Wildman–Crippen LogP) is 2.71. The van der Waals surface area contributed by atoms with Gasteiger partial charge in [-0.25, -0.2) is 4.68 Å². The van der Waals surface area contributed by atoms with Crippen LogP contribution in [0.5, 0.6) is 0 Å². The van der Waals surface area contributed by atoms with Gasteiger partial charge in [0.15, 0.2) is 5.82 Å². The Kier molecular flexibility index (Phi) is 4.01. The van der Waals surface area contributed by atoms with Crippen molar-refractivity contribution in [3.8, 4) is 0 Å². The molecule has 1 heterocycles. The molecule has 1 aliphatic rings. The third kappa shape index (κ3) is 3.13. The highest BCUT2D eigenvalue weighted by molar-refractivity contribution is 5.27. The summed E-state index contributed by atoms with van der Waals surface area (Å²) in [7, 11) is 0. The van der Waals surface area contributed by atoms with Crippen molar-refractivity contribution >= 4 is 0 Å². The highest BCUT2D eigenvalue weighted by atomic mass is 15.6. The average molecular weight is 285 g/mol. The summed E-state index contributed by atoms with van der Waals surface area (Å²) < 4.78 is 2.01. The van der Waals surface area contributed by atoms with Gasteiger partial charge in [0.05, 0.1) is 12.1 Å². The standard InChI is InChI=1S/C16H23N5/c1-11(2)10-17-12(3)16-18-19-20-21(16)15-9-14(15)13-7-5-4-6-8-13/h4-8,11-12,14-15,17H,9-10H2,1-3H3. The number of nitrogens with one attached hydrogen (secondary N) is 1. The Morgan fingerprint density at radius 3 is 2.71 bits per heavy atom. The first-order chi connectivity index (χ1) is 10.2. The van der Waals surface area contributed by atoms with E-state index in [4.69, 9.17) is 0 Å². The minimum atomic E-state index is 0.180. The fraction of sp³-hybridized carbons (Fsp3) is 0.562. The maximum Gasteiger partial charge on any atom is 0.168 e. The first-order valence-electron chi connectivity index (χ1n) is 7.73. The number of nitrogens with zero attached hydrogens (tertiary/aromatic N) is 4. The van der Waals surface area contributed by atoms with Gasteiger partial charge in [-0.05, 0) is 41.8 Å². The quantitative estimate of drug-likeness (QED) is 0.886. The van der Waals surface area contributed by atoms with Crippen molar-refractivity contribution in [2.45, 2.75) is 45.2 Å². The minimum Gasteiger partial charge on any atom is -0.307 e. The lowest BCUT2D eigenvalue weighted by molar-refractivity contribution is 0.453. The summed E-state index contributed by atoms with van der Waals surface area (Å²) in [5.41, 5.74) is 1.38. The zero-order chi connectivity index (χ0) is 14.8. The maximum absolute atomic E-state index is 4.22. The largest absolute Gasteiger partial charge is 0.307 e. The van der Waals surface area contributed by atoms with E-state index < -0.39 is 0 Å². The van der Waals surface area contributed by atoms with Crippen molar-refractivity contribution in [3.05, 3.63) is 41.7 Å². The molecule has 2 aromatic rings. The number of hydrogen-bond donors (Lipinski definition) is 1. The second kappa shape index (κ2) is 5.93. The molecule has 21 heavy (non-hydrogen) atoms. The zero-order valence-electron chi connectivity index (χ0n) is 12.9. The number of rotatable bonds is 6. The van der Waals surface area contributed by atoms with Crippen LogP contribution < -0.4 is 5.32 Å². The molecule has 3 rings (SSSR count). The SMILES string of the molecule is CC(C)CNC(C)c1nnnn1C1CC1c1ccccc1. The topological polar surface area (TPSA) is 55.6 Å². The van der Waals surface area contributed by atoms with Crippen molar-refractivity contribution in [2.24, 2.45) is 5.92 Å². The molecule has 1 aromatic carbocycles. The van der Waals surface area contributed by atoms with Crippen LogP contribution in [0, 0.1) is 5.92 Å². The molecule has 1 aromatic heterocycles. The van der Waals surface area contributed by atoms with Gasteiger partial charge >= 0.3 is 0 Å². The summed E-state index contributed by atoms with van der Waals surface area (Å²) in [4.78, 5) is 0. The summed E-state index contributed by atoms with van der Waals surface area (Å²) in [6, 6.07) is 11.2. The number of tetrazole rings is 1. The summed E-state index contributed by atoms with van der Waals surface area (Å²) in [5.74, 6) is 2.11. The maximum atomic E-state index is 4.22. The molecule has 5 heteroatoms. The Morgan fingerprint density at radius 1 is 1.24 bits per heavy atom. The second-order valence-corrected chi connectivity index (χ2v) is 6.33. The highest BCUT2D eigenvalue weighted by Crippen LogP contribution is 2.51. The van der Waals surface area contributed by atoms with Crippen molar-refractivity contribution < 1.29 is 0 Å². The molecule has 0 spiro atoms. The molecule has 3 unspecified atom stereocenters. The van der Waals surface area contributed by atoms with Crippen LogP contribution in [0.3, 0.4) is 0 Å². The van der Waals surface area contributed by atoms with Crippen molar-refractivity contribution in [2.75, 3.05) is 6.54 Å². The minimum absolute atomic E-state index is 0.180. The van der Waals surface area contributed by atoms with E-state index in [9.17, 15) is 0 Å². The van der Waals surface area contributed by atoms with Crippen LogP contribution in [-0.2, 0) is 0 Å². The molecule has 0 radical (unpaired) electrons. The van der Waals surface area contributed by atoms with E-state index >= 15 is 0 Å². The van der Waals surface area contributed by atoms with E-state index in [2.05, 4.69) is 71.9 Å². The molecule has 1 saturated carbocycles. The van der Waals surface area contributed by atoms with Gasteiger partial charge in [-0.2, -0.15) is 0 Å². The fourth-order valence-corrected chi connectivity index (χ4v) is 2.74. The van der Waals surface area contributed by atoms with Gasteiger partial charge in [0.25, 0.3) is 0 Å². The molecule has 1 N–H and O–H groups in total. The van der Waals surface area contributed by atoms with Crippen LogP contribution in [0.15, 0.2) is 30.3 Å². The molecule has 0 saturated heterocycles. The average Bonchev–Trinajstić information content (AvgIpc) is 3.14. The van der Waals surface area contributed by atoms with E-state index in [0.717, 1.165) is 18.8 Å². The predicted molar refractivity (Wildman–Crippen MR) is 81.9 cm³/mol. The van der Waals surface area contributed by atoms with Crippen LogP contribution in [-0.4, -0.2) is 26.8 Å². The van der Waals surface area contributed by atoms with E-state index in [1.165, 1.54) is 5.56 Å². The first-order valence-corrected chi connectivity index (χ1v) is 7.73. The Morgan fingerprint density at radius 2 is 2.00 bits per heavy atom. The van der Waals surface area contributed by atoms with Crippen LogP contribution in [0.25, 0.3) is 0 Å². The Balaban J connectivity index is 1.69. The second-order valence-electron chi connectivity index (χ2n) is 6.33. The normalized spacial score (nSPS) is 22.5. The Bertz CT molecular complexity index is 577. The summed E-state index contributed by atoms with van der Waals surface area (Å²) >= 11 is 0. The van der Waals surface area contributed by atoms with E-state index in [-0.39, 0.29) is 6.04 Å². The molecular weight excluding hydrogens is 262 g/mol. The highest BCUT2D eigenvalue weighted by Gasteiger charge is 2.42. The van der Waals surface area contributed by atoms with Crippen molar-refractivity contribution in [1.82, 2.24) is 25.5 Å². The van der Waals surface area contributed by atoms with Gasteiger partial charge in [-0.1, -0.05) is 44.2 Å². The Labute approximate surface area is 125 Å². The zero-order valence-corrected chi connectivity index (χ0v) is 12.9. The first kappa shape index (κ1) is 14.2. The molecular formula is C16H23N5. The van der Waals surface area contributed by atoms with Gasteiger partial charge in [0.1, 0.15) is 0 Å². The van der Waals surface area contributed by atoms with Gasteiger partial charge in [0.2, 0.25) is 0 Å². The molecule has 0 aliphatic heterocycles. The molecule has 5 nitrogen and oxygen atoms in total. The van der Waals surface area contributed by atoms with Crippen LogP contribution in [0.1, 0.15) is 56.6 Å². The molecule has 1 fully saturated rings. The van der Waals surface area contributed by atoms with Crippen molar-refractivity contribution in [3.63, 3.8) is 0 Å². The third-order valence-electron chi connectivity index (χ3n) is 4.04. The molecule has 0 amide bonds. The lowest BCUT2D eigenvalue weighted by Gasteiger charge is -2.15. The van der Waals surface area contributed by atoms with Gasteiger partial charge in [0, 0.05) is 5.92 Å². The smallest absolute Gasteiger partial charge is 0.168 e. The van der Waals surface area contributed by atoms with Crippen molar-refractivity contribution in [1.29, 1.82) is 0 Å². The molecule has 3 atom stereocenters. The summed E-state index contributed by atoms with van der Waals surface area (Å²) in [6.45, 7) is 7.51. The van der Waals surface area contributed by atoms with Crippen LogP contribution in [0.4, 0.5) is 0 Å². The van der Waals surface area contributed by atoms with Crippen LogP contribution in [0.2, 0.25) is 0 Å². The van der Waals surface area contributed by atoms with Crippen LogP contribution >= 0.6 is 0 Å². The number of hydrogen-bond acceptors (Lipinski definition) is 4. The van der Waals surface area contributed by atoms with E-state index in [1.54, 1.807) is 0 Å². The molecule has 0 bridgehead atoms. The lowest BCUT2D eigenvalue weighted by atomic mass is 10.1. The fourth-order valence-electron chi connectivity index (χ4n) is 2.74. The summed E-state index contributed by atoms with van der Waals surface area (Å²) in [6.07, 6.45) is 1.12. The Hall–Kier alpha value is -1.75. The van der Waals surface area contributed by atoms with E-state index in [1.807, 2.05) is 4.68 Å². The van der Waals surface area contributed by atoms with Gasteiger partial charge < -0.3 is 5.32 Å².